The summed E-state index contributed by atoms with van der Waals surface area (Å²) in [6.45, 7) is 4.41. The van der Waals surface area contributed by atoms with Crippen molar-refractivity contribution in [1.82, 2.24) is 19.6 Å². The molecule has 2 saturated heterocycles. The highest BCUT2D eigenvalue weighted by Gasteiger charge is 2.48. The number of carbonyl (C=O) groups excluding carboxylic acids is 2. The third-order valence-corrected chi connectivity index (χ3v) is 6.30. The number of hydrogen-bond donors (Lipinski definition) is 0. The molecular formula is C22H29N5O2. The van der Waals surface area contributed by atoms with Crippen LogP contribution in [0.5, 0.6) is 0 Å². The Balaban J connectivity index is 1.50. The van der Waals surface area contributed by atoms with Crippen LogP contribution in [0.15, 0.2) is 36.7 Å². The first-order valence-corrected chi connectivity index (χ1v) is 10.3. The number of nitrogens with zero attached hydrogens (tertiary/aromatic N) is 5. The van der Waals surface area contributed by atoms with Crippen LogP contribution in [0.4, 0.5) is 5.69 Å². The number of hydrogen-bond acceptors (Lipinski definition) is 4. The minimum Gasteiger partial charge on any atom is -0.337 e. The Kier molecular flexibility index (Phi) is 5.17. The smallest absolute Gasteiger partial charge is 0.253 e. The number of amides is 2. The van der Waals surface area contributed by atoms with Gasteiger partial charge in [0.25, 0.3) is 5.91 Å². The summed E-state index contributed by atoms with van der Waals surface area (Å²) < 4.78 is 1.71. The van der Waals surface area contributed by atoms with Crippen LogP contribution in [0.25, 0.3) is 0 Å². The Labute approximate surface area is 171 Å². The summed E-state index contributed by atoms with van der Waals surface area (Å²) in [5.41, 5.74) is 2.60. The lowest BCUT2D eigenvalue weighted by Crippen LogP contribution is -2.64. The van der Waals surface area contributed by atoms with E-state index >= 15 is 0 Å². The van der Waals surface area contributed by atoms with Gasteiger partial charge in [-0.1, -0.05) is 25.5 Å². The van der Waals surface area contributed by atoms with E-state index in [-0.39, 0.29) is 17.4 Å². The predicted molar refractivity (Wildman–Crippen MR) is 112 cm³/mol. The van der Waals surface area contributed by atoms with E-state index < -0.39 is 0 Å². The van der Waals surface area contributed by atoms with E-state index in [1.807, 2.05) is 42.2 Å². The molecule has 1 aromatic carbocycles. The van der Waals surface area contributed by atoms with Gasteiger partial charge >= 0.3 is 0 Å². The number of benzene rings is 1. The first kappa shape index (κ1) is 19.6. The summed E-state index contributed by atoms with van der Waals surface area (Å²) in [4.78, 5) is 31.6. The molecule has 2 fully saturated rings. The molecule has 1 spiro atoms. The molecule has 0 N–H and O–H groups in total. The zero-order valence-corrected chi connectivity index (χ0v) is 17.5. The van der Waals surface area contributed by atoms with Crippen LogP contribution >= 0.6 is 0 Å². The molecule has 154 valence electrons. The second-order valence-corrected chi connectivity index (χ2v) is 8.36. The van der Waals surface area contributed by atoms with Crippen LogP contribution in [-0.4, -0.2) is 70.2 Å². The maximum absolute atomic E-state index is 13.1. The van der Waals surface area contributed by atoms with E-state index in [0.717, 1.165) is 30.5 Å². The van der Waals surface area contributed by atoms with Crippen molar-refractivity contribution < 1.29 is 9.59 Å². The van der Waals surface area contributed by atoms with Crippen LogP contribution in [0.3, 0.4) is 0 Å². The number of aryl methyl sites for hydroxylation is 2. The van der Waals surface area contributed by atoms with Gasteiger partial charge in [-0.05, 0) is 37.6 Å². The van der Waals surface area contributed by atoms with Crippen molar-refractivity contribution in [3.63, 3.8) is 0 Å². The molecule has 1 unspecified atom stereocenters. The Morgan fingerprint density at radius 2 is 1.93 bits per heavy atom. The highest BCUT2D eigenvalue weighted by Crippen LogP contribution is 2.34. The molecule has 2 aliphatic heterocycles. The van der Waals surface area contributed by atoms with Crippen molar-refractivity contribution in [2.24, 2.45) is 7.05 Å². The average Bonchev–Trinajstić information content (AvgIpc) is 3.33. The lowest BCUT2D eigenvalue weighted by atomic mass is 9.93. The van der Waals surface area contributed by atoms with Gasteiger partial charge in [0.2, 0.25) is 5.91 Å². The van der Waals surface area contributed by atoms with Crippen molar-refractivity contribution in [3.8, 4) is 0 Å². The number of anilines is 1. The maximum atomic E-state index is 13.1. The van der Waals surface area contributed by atoms with Crippen molar-refractivity contribution in [2.45, 2.75) is 31.7 Å². The average molecular weight is 396 g/mol. The molecule has 7 heteroatoms. The number of piperazine rings is 1. The van der Waals surface area contributed by atoms with Crippen molar-refractivity contribution in [3.05, 3.63) is 47.8 Å². The van der Waals surface area contributed by atoms with E-state index in [4.69, 9.17) is 0 Å². The van der Waals surface area contributed by atoms with Crippen LogP contribution in [0.1, 0.15) is 35.7 Å². The molecule has 29 heavy (non-hydrogen) atoms. The number of aromatic nitrogens is 2. The molecule has 0 aliphatic carbocycles. The summed E-state index contributed by atoms with van der Waals surface area (Å²) in [5.74, 6) is 0.144. The molecule has 1 atom stereocenters. The minimum absolute atomic E-state index is 0.0717. The fraction of sp³-hybridized carbons (Fsp3) is 0.500. The van der Waals surface area contributed by atoms with E-state index in [1.165, 1.54) is 5.56 Å². The lowest BCUT2D eigenvalue weighted by molar-refractivity contribution is -0.123. The second kappa shape index (κ2) is 7.63. The molecule has 3 heterocycles. The first-order chi connectivity index (χ1) is 13.9. The van der Waals surface area contributed by atoms with Gasteiger partial charge in [0, 0.05) is 38.4 Å². The quantitative estimate of drug-likeness (QED) is 0.794. The van der Waals surface area contributed by atoms with Gasteiger partial charge in [-0.25, -0.2) is 0 Å². The topological polar surface area (TPSA) is 61.7 Å². The lowest BCUT2D eigenvalue weighted by Gasteiger charge is -2.46. The Morgan fingerprint density at radius 3 is 2.59 bits per heavy atom. The van der Waals surface area contributed by atoms with Gasteiger partial charge in [0.05, 0.1) is 24.0 Å². The van der Waals surface area contributed by atoms with E-state index in [1.54, 1.807) is 10.9 Å². The molecular weight excluding hydrogens is 366 g/mol. The normalized spacial score (nSPS) is 22.7. The Hall–Kier alpha value is -2.67. The molecule has 2 aromatic rings. The van der Waals surface area contributed by atoms with Crippen molar-refractivity contribution >= 4 is 17.5 Å². The molecule has 2 amide bonds. The summed E-state index contributed by atoms with van der Waals surface area (Å²) in [5, 5.41) is 4.21. The zero-order chi connectivity index (χ0) is 20.6. The van der Waals surface area contributed by atoms with Gasteiger partial charge in [-0.15, -0.1) is 0 Å². The largest absolute Gasteiger partial charge is 0.337 e. The summed E-state index contributed by atoms with van der Waals surface area (Å²) >= 11 is 0. The predicted octanol–water partition coefficient (Wildman–Crippen LogP) is 1.94. The Morgan fingerprint density at radius 1 is 1.17 bits per heavy atom. The van der Waals surface area contributed by atoms with E-state index in [9.17, 15) is 9.59 Å². The third kappa shape index (κ3) is 3.67. The van der Waals surface area contributed by atoms with Gasteiger partial charge in [-0.2, -0.15) is 5.10 Å². The number of rotatable bonds is 4. The third-order valence-electron chi connectivity index (χ3n) is 6.30. The van der Waals surface area contributed by atoms with Crippen LogP contribution in [0.2, 0.25) is 0 Å². The van der Waals surface area contributed by atoms with Crippen molar-refractivity contribution in [2.75, 3.05) is 38.1 Å². The SMILES string of the molecule is CCCc1ccc(C(=O)N2CCC3(C2)CN(c2cnn(C)c2)C(=O)CN3C)cc1. The zero-order valence-electron chi connectivity index (χ0n) is 17.5. The molecule has 1 aromatic heterocycles. The maximum Gasteiger partial charge on any atom is 0.253 e. The molecule has 4 rings (SSSR count). The summed E-state index contributed by atoms with van der Waals surface area (Å²) in [6, 6.07) is 7.99. The van der Waals surface area contributed by atoms with Crippen LogP contribution < -0.4 is 4.90 Å². The molecule has 0 bridgehead atoms. The standard InChI is InChI=1S/C22H29N5O2/c1-4-5-17-6-8-18(9-7-17)21(29)26-11-10-22(15-26)16-27(20(28)14-24(22)2)19-12-23-25(3)13-19/h6-9,12-13H,4-5,10-11,14-16H2,1-3H3. The molecule has 2 aliphatic rings. The first-order valence-electron chi connectivity index (χ1n) is 10.3. The minimum atomic E-state index is -0.221. The van der Waals surface area contributed by atoms with Gasteiger partial charge in [0.15, 0.2) is 0 Å². The number of carbonyl (C=O) groups is 2. The molecule has 7 nitrogen and oxygen atoms in total. The van der Waals surface area contributed by atoms with Crippen LogP contribution in [-0.2, 0) is 18.3 Å². The van der Waals surface area contributed by atoms with Gasteiger partial charge in [0.1, 0.15) is 0 Å². The van der Waals surface area contributed by atoms with E-state index in [0.29, 0.717) is 26.2 Å². The van der Waals surface area contributed by atoms with E-state index in [2.05, 4.69) is 29.1 Å². The van der Waals surface area contributed by atoms with Gasteiger partial charge < -0.3 is 9.80 Å². The number of likely N-dealkylation sites (N-methyl/N-ethyl adjacent to an activating group) is 1. The molecule has 0 saturated carbocycles. The fourth-order valence-corrected chi connectivity index (χ4v) is 4.50. The molecule has 0 radical (unpaired) electrons. The summed E-state index contributed by atoms with van der Waals surface area (Å²) in [6.07, 6.45) is 6.58. The highest BCUT2D eigenvalue weighted by atomic mass is 16.2. The number of likely N-dealkylation sites (tertiary alicyclic amines) is 1. The van der Waals surface area contributed by atoms with Crippen LogP contribution in [0, 0.1) is 0 Å². The fourth-order valence-electron chi connectivity index (χ4n) is 4.50. The monoisotopic (exact) mass is 395 g/mol. The second-order valence-electron chi connectivity index (χ2n) is 8.36. The van der Waals surface area contributed by atoms with Gasteiger partial charge in [-0.3, -0.25) is 19.2 Å². The Bertz CT molecular complexity index is 906. The summed E-state index contributed by atoms with van der Waals surface area (Å²) in [7, 11) is 3.84. The van der Waals surface area contributed by atoms with Crippen molar-refractivity contribution in [1.29, 1.82) is 0 Å². The highest BCUT2D eigenvalue weighted by molar-refractivity contribution is 5.96.